The third-order valence-electron chi connectivity index (χ3n) is 5.93. The van der Waals surface area contributed by atoms with Gasteiger partial charge < -0.3 is 0 Å². The summed E-state index contributed by atoms with van der Waals surface area (Å²) in [6.07, 6.45) is 6.83. The molecule has 3 rings (SSSR count). The van der Waals surface area contributed by atoms with E-state index in [0.29, 0.717) is 11.2 Å². The third kappa shape index (κ3) is 2.17. The Labute approximate surface area is 129 Å². The third-order valence-corrected chi connectivity index (χ3v) is 5.93. The molecule has 0 radical (unpaired) electrons. The summed E-state index contributed by atoms with van der Waals surface area (Å²) in [5.41, 5.74) is 7.17. The standard InChI is InChI=1S/C20H28O/c1-12-11-16-17(15(12)7-8-19(4,5)6)13(2)20(9-10-20)14(3)18(16)21/h11,14H,7-10H2,1-6H3/t14-/m1/s1. The first-order valence-corrected chi connectivity index (χ1v) is 8.35. The van der Waals surface area contributed by atoms with Crippen molar-refractivity contribution < 1.29 is 4.79 Å². The monoisotopic (exact) mass is 284 g/mol. The first kappa shape index (κ1) is 14.8. The molecule has 1 saturated carbocycles. The van der Waals surface area contributed by atoms with Gasteiger partial charge in [-0.2, -0.15) is 0 Å². The SMILES string of the molecule is CC1=C(CCC(C)(C)C)C2=C(C)C3(CC3)[C@H](C)C(=O)C2=C1. The van der Waals surface area contributed by atoms with E-state index in [1.165, 1.54) is 41.6 Å². The summed E-state index contributed by atoms with van der Waals surface area (Å²) in [4.78, 5) is 12.8. The van der Waals surface area contributed by atoms with Crippen molar-refractivity contribution in [3.8, 4) is 0 Å². The molecule has 1 atom stereocenters. The van der Waals surface area contributed by atoms with Crippen molar-refractivity contribution in [2.75, 3.05) is 0 Å². The van der Waals surface area contributed by atoms with Crippen molar-refractivity contribution in [2.24, 2.45) is 16.7 Å². The van der Waals surface area contributed by atoms with Crippen LogP contribution in [-0.4, -0.2) is 5.78 Å². The molecular formula is C20H28O. The van der Waals surface area contributed by atoms with Gasteiger partial charge in [0.1, 0.15) is 0 Å². The van der Waals surface area contributed by atoms with Crippen LogP contribution in [0.3, 0.4) is 0 Å². The summed E-state index contributed by atoms with van der Waals surface area (Å²) in [7, 11) is 0. The zero-order valence-electron chi connectivity index (χ0n) is 14.4. The molecule has 0 N–H and O–H groups in total. The van der Waals surface area contributed by atoms with E-state index in [1.807, 2.05) is 0 Å². The van der Waals surface area contributed by atoms with Crippen molar-refractivity contribution >= 4 is 5.78 Å². The lowest BCUT2D eigenvalue weighted by molar-refractivity contribution is -0.120. The van der Waals surface area contributed by atoms with Gasteiger partial charge in [0.2, 0.25) is 0 Å². The quantitative estimate of drug-likeness (QED) is 0.665. The van der Waals surface area contributed by atoms with E-state index in [9.17, 15) is 4.79 Å². The van der Waals surface area contributed by atoms with Crippen LogP contribution in [0.25, 0.3) is 0 Å². The summed E-state index contributed by atoms with van der Waals surface area (Å²) in [5.74, 6) is 0.570. The van der Waals surface area contributed by atoms with Crippen molar-refractivity contribution in [3.63, 3.8) is 0 Å². The van der Waals surface area contributed by atoms with Gasteiger partial charge in [0.25, 0.3) is 0 Å². The van der Waals surface area contributed by atoms with Gasteiger partial charge >= 0.3 is 0 Å². The normalized spacial score (nSPS) is 27.4. The average Bonchev–Trinajstić information content (AvgIpc) is 3.11. The Morgan fingerprint density at radius 3 is 2.38 bits per heavy atom. The molecule has 0 amide bonds. The Balaban J connectivity index is 2.00. The number of allylic oxidation sites excluding steroid dienone is 6. The first-order valence-electron chi connectivity index (χ1n) is 8.35. The number of hydrogen-bond donors (Lipinski definition) is 0. The lowest BCUT2D eigenvalue weighted by Crippen LogP contribution is -2.31. The van der Waals surface area contributed by atoms with Gasteiger partial charge in [-0.3, -0.25) is 4.79 Å². The van der Waals surface area contributed by atoms with Crippen molar-refractivity contribution in [1.29, 1.82) is 0 Å². The maximum atomic E-state index is 12.8. The highest BCUT2D eigenvalue weighted by molar-refractivity contribution is 6.07. The number of Topliss-reactive ketones (excluding diaryl/α,β-unsaturated/α-hetero) is 1. The molecule has 0 bridgehead atoms. The van der Waals surface area contributed by atoms with E-state index in [-0.39, 0.29) is 11.3 Å². The second-order valence-electron chi connectivity index (χ2n) is 8.52. The molecule has 0 heterocycles. The Kier molecular flexibility index (Phi) is 3.13. The minimum absolute atomic E-state index is 0.183. The van der Waals surface area contributed by atoms with Gasteiger partial charge in [0, 0.05) is 16.9 Å². The van der Waals surface area contributed by atoms with Crippen LogP contribution >= 0.6 is 0 Å². The molecule has 0 aromatic heterocycles. The Bertz CT molecular complexity index is 600. The molecule has 0 aliphatic heterocycles. The molecule has 1 fully saturated rings. The Morgan fingerprint density at radius 2 is 1.86 bits per heavy atom. The maximum Gasteiger partial charge on any atom is 0.167 e. The van der Waals surface area contributed by atoms with E-state index < -0.39 is 0 Å². The van der Waals surface area contributed by atoms with E-state index in [1.54, 1.807) is 0 Å². The highest BCUT2D eigenvalue weighted by Gasteiger charge is 2.56. The van der Waals surface area contributed by atoms with Crippen LogP contribution in [0.5, 0.6) is 0 Å². The Morgan fingerprint density at radius 1 is 1.24 bits per heavy atom. The molecule has 0 unspecified atom stereocenters. The van der Waals surface area contributed by atoms with Crippen molar-refractivity contribution in [2.45, 2.75) is 67.2 Å². The molecule has 1 spiro atoms. The van der Waals surface area contributed by atoms with Crippen molar-refractivity contribution in [1.82, 2.24) is 0 Å². The number of carbonyl (C=O) groups excluding carboxylic acids is 1. The number of hydrogen-bond acceptors (Lipinski definition) is 1. The van der Waals surface area contributed by atoms with E-state index in [2.05, 4.69) is 47.6 Å². The molecule has 0 aromatic rings. The summed E-state index contributed by atoms with van der Waals surface area (Å²) in [6.45, 7) is 13.5. The number of rotatable bonds is 2. The maximum absolute atomic E-state index is 12.8. The van der Waals surface area contributed by atoms with Gasteiger partial charge in [-0.15, -0.1) is 0 Å². The zero-order chi connectivity index (χ0) is 15.6. The first-order chi connectivity index (χ1) is 9.67. The average molecular weight is 284 g/mol. The number of ketones is 1. The second kappa shape index (κ2) is 4.44. The molecule has 3 aliphatic rings. The van der Waals surface area contributed by atoms with Crippen molar-refractivity contribution in [3.05, 3.63) is 33.9 Å². The van der Waals surface area contributed by atoms with E-state index in [4.69, 9.17) is 0 Å². The fraction of sp³-hybridized carbons (Fsp3) is 0.650. The van der Waals surface area contributed by atoms with E-state index >= 15 is 0 Å². The fourth-order valence-electron chi connectivity index (χ4n) is 4.18. The number of fused-ring (bicyclic) bond motifs is 1. The van der Waals surface area contributed by atoms with Crippen LogP contribution in [0.15, 0.2) is 33.9 Å². The van der Waals surface area contributed by atoms with Gasteiger partial charge in [-0.25, -0.2) is 0 Å². The molecule has 0 saturated heterocycles. The summed E-state index contributed by atoms with van der Waals surface area (Å²) < 4.78 is 0. The highest BCUT2D eigenvalue weighted by Crippen LogP contribution is 2.63. The predicted molar refractivity (Wildman–Crippen MR) is 88.0 cm³/mol. The van der Waals surface area contributed by atoms with Crippen LogP contribution in [0.1, 0.15) is 67.2 Å². The molecule has 114 valence electrons. The molecule has 3 aliphatic carbocycles. The minimum Gasteiger partial charge on any atom is -0.294 e. The topological polar surface area (TPSA) is 17.1 Å². The zero-order valence-corrected chi connectivity index (χ0v) is 14.4. The lowest BCUT2D eigenvalue weighted by Gasteiger charge is -2.33. The summed E-state index contributed by atoms with van der Waals surface area (Å²) in [5, 5.41) is 0. The number of carbonyl (C=O) groups is 1. The van der Waals surface area contributed by atoms with Crippen LogP contribution in [0.2, 0.25) is 0 Å². The van der Waals surface area contributed by atoms with Crippen LogP contribution in [0, 0.1) is 16.7 Å². The molecule has 1 nitrogen and oxygen atoms in total. The molecule has 0 aromatic carbocycles. The fourth-order valence-corrected chi connectivity index (χ4v) is 4.18. The van der Waals surface area contributed by atoms with Gasteiger partial charge in [0.15, 0.2) is 5.78 Å². The molecule has 21 heavy (non-hydrogen) atoms. The largest absolute Gasteiger partial charge is 0.294 e. The summed E-state index contributed by atoms with van der Waals surface area (Å²) >= 11 is 0. The predicted octanol–water partition coefficient (Wildman–Crippen LogP) is 5.38. The van der Waals surface area contributed by atoms with Gasteiger partial charge in [0.05, 0.1) is 0 Å². The van der Waals surface area contributed by atoms with E-state index in [0.717, 1.165) is 12.0 Å². The smallest absolute Gasteiger partial charge is 0.167 e. The minimum atomic E-state index is 0.183. The van der Waals surface area contributed by atoms with Gasteiger partial charge in [-0.05, 0) is 67.7 Å². The van der Waals surface area contributed by atoms with Gasteiger partial charge in [-0.1, -0.05) is 33.3 Å². The molecular weight excluding hydrogens is 256 g/mol. The van der Waals surface area contributed by atoms with Crippen LogP contribution < -0.4 is 0 Å². The van der Waals surface area contributed by atoms with Crippen LogP contribution in [-0.2, 0) is 4.79 Å². The van der Waals surface area contributed by atoms with Crippen LogP contribution in [0.4, 0.5) is 0 Å². The second-order valence-corrected chi connectivity index (χ2v) is 8.52. The summed E-state index contributed by atoms with van der Waals surface area (Å²) in [6, 6.07) is 0. The highest BCUT2D eigenvalue weighted by atomic mass is 16.1. The lowest BCUT2D eigenvalue weighted by atomic mass is 9.69. The Hall–Kier alpha value is -1.11. The molecule has 1 heteroatoms.